The first-order chi connectivity index (χ1) is 7.74. The molecule has 2 atom stereocenters. The zero-order valence-electron chi connectivity index (χ0n) is 10.0. The topological polar surface area (TPSA) is 21.3 Å². The molecule has 3 rings (SSSR count). The van der Waals surface area contributed by atoms with Gasteiger partial charge in [-0.1, -0.05) is 12.1 Å². The van der Waals surface area contributed by atoms with Crippen molar-refractivity contribution in [3.63, 3.8) is 0 Å². The molecule has 2 nitrogen and oxygen atoms in total. The Morgan fingerprint density at radius 2 is 2.25 bits per heavy atom. The number of benzene rings is 1. The molecule has 0 aliphatic carbocycles. The summed E-state index contributed by atoms with van der Waals surface area (Å²) in [5.41, 5.74) is 4.15. The van der Waals surface area contributed by atoms with E-state index in [2.05, 4.69) is 31.3 Å². The lowest BCUT2D eigenvalue weighted by Gasteiger charge is -2.13. The van der Waals surface area contributed by atoms with E-state index >= 15 is 0 Å². The molecule has 0 spiro atoms. The second-order valence-electron chi connectivity index (χ2n) is 5.11. The molecule has 2 unspecified atom stereocenters. The van der Waals surface area contributed by atoms with Crippen LogP contribution in [0.1, 0.15) is 42.5 Å². The maximum absolute atomic E-state index is 5.83. The molecule has 16 heavy (non-hydrogen) atoms. The Kier molecular flexibility index (Phi) is 2.40. The van der Waals surface area contributed by atoms with E-state index in [0.717, 1.165) is 18.7 Å². The van der Waals surface area contributed by atoms with E-state index in [0.29, 0.717) is 12.1 Å². The van der Waals surface area contributed by atoms with Gasteiger partial charge in [-0.25, -0.2) is 0 Å². The molecule has 1 saturated heterocycles. The second-order valence-corrected chi connectivity index (χ2v) is 5.11. The lowest BCUT2D eigenvalue weighted by atomic mass is 9.98. The predicted molar refractivity (Wildman–Crippen MR) is 65.0 cm³/mol. The van der Waals surface area contributed by atoms with Crippen LogP contribution in [0.15, 0.2) is 12.1 Å². The third kappa shape index (κ3) is 1.61. The average Bonchev–Trinajstić information content (AvgIpc) is 2.84. The summed E-state index contributed by atoms with van der Waals surface area (Å²) in [6.07, 6.45) is 3.99. The quantitative estimate of drug-likeness (QED) is 0.781. The van der Waals surface area contributed by atoms with Crippen LogP contribution >= 0.6 is 0 Å². The molecule has 0 saturated carbocycles. The predicted octanol–water partition coefficient (Wildman–Crippen LogP) is 2.74. The van der Waals surface area contributed by atoms with Gasteiger partial charge >= 0.3 is 0 Å². The van der Waals surface area contributed by atoms with Gasteiger partial charge in [-0.15, -0.1) is 0 Å². The Balaban J connectivity index is 1.97. The summed E-state index contributed by atoms with van der Waals surface area (Å²) < 4.78 is 5.83. The van der Waals surface area contributed by atoms with Crippen molar-refractivity contribution in [1.29, 1.82) is 0 Å². The molecule has 1 N–H and O–H groups in total. The lowest BCUT2D eigenvalue weighted by molar-refractivity contribution is 0.253. The monoisotopic (exact) mass is 217 g/mol. The van der Waals surface area contributed by atoms with Gasteiger partial charge in [-0.2, -0.15) is 0 Å². The molecule has 1 aromatic rings. The summed E-state index contributed by atoms with van der Waals surface area (Å²) >= 11 is 0. The number of ether oxygens (including phenoxy) is 1. The molecule has 0 aromatic heterocycles. The van der Waals surface area contributed by atoms with Gasteiger partial charge in [0, 0.05) is 12.5 Å². The normalized spacial score (nSPS) is 27.9. The van der Waals surface area contributed by atoms with E-state index in [4.69, 9.17) is 4.74 Å². The zero-order valence-corrected chi connectivity index (χ0v) is 10.0. The number of aryl methyl sites for hydroxylation is 1. The molecule has 2 heterocycles. The largest absolute Gasteiger partial charge is 0.490 e. The van der Waals surface area contributed by atoms with Gasteiger partial charge in [0.05, 0.1) is 0 Å². The van der Waals surface area contributed by atoms with Gasteiger partial charge in [0.1, 0.15) is 11.9 Å². The summed E-state index contributed by atoms with van der Waals surface area (Å²) in [4.78, 5) is 0. The molecule has 1 fully saturated rings. The molecular formula is C14H19NO. The molecule has 1 aromatic carbocycles. The van der Waals surface area contributed by atoms with Gasteiger partial charge in [0.25, 0.3) is 0 Å². The first-order valence-electron chi connectivity index (χ1n) is 6.27. The van der Waals surface area contributed by atoms with Crippen LogP contribution in [0, 0.1) is 6.92 Å². The van der Waals surface area contributed by atoms with Crippen LogP contribution < -0.4 is 10.1 Å². The minimum absolute atomic E-state index is 0.348. The highest BCUT2D eigenvalue weighted by Gasteiger charge is 2.24. The maximum atomic E-state index is 5.83. The first kappa shape index (κ1) is 10.2. The van der Waals surface area contributed by atoms with Crippen LogP contribution in [0.3, 0.4) is 0 Å². The molecule has 2 heteroatoms. The van der Waals surface area contributed by atoms with Crippen molar-refractivity contribution in [2.75, 3.05) is 6.54 Å². The molecule has 86 valence electrons. The molecule has 2 aliphatic rings. The minimum atomic E-state index is 0.348. The Labute approximate surface area is 97.0 Å². The standard InChI is InChI=1S/C14H19NO/c1-9-6-11(13-4-3-5-15-13)8-12-7-10(2)16-14(9)12/h6,8,10,13,15H,3-5,7H2,1-2H3. The number of rotatable bonds is 1. The molecule has 2 aliphatic heterocycles. The highest BCUT2D eigenvalue weighted by atomic mass is 16.5. The van der Waals surface area contributed by atoms with E-state index in [1.54, 1.807) is 0 Å². The van der Waals surface area contributed by atoms with Crippen LogP contribution in [-0.4, -0.2) is 12.6 Å². The highest BCUT2D eigenvalue weighted by molar-refractivity contribution is 5.47. The van der Waals surface area contributed by atoms with E-state index < -0.39 is 0 Å². The lowest BCUT2D eigenvalue weighted by Crippen LogP contribution is -2.13. The van der Waals surface area contributed by atoms with Crippen molar-refractivity contribution >= 4 is 0 Å². The Morgan fingerprint density at radius 3 is 3.00 bits per heavy atom. The van der Waals surface area contributed by atoms with Crippen LogP contribution in [0.25, 0.3) is 0 Å². The third-order valence-corrected chi connectivity index (χ3v) is 3.66. The Bertz CT molecular complexity index is 407. The molecule has 0 radical (unpaired) electrons. The SMILES string of the molecule is Cc1cc(C2CCCN2)cc2c1OC(C)C2. The van der Waals surface area contributed by atoms with Gasteiger partial charge in [0.2, 0.25) is 0 Å². The fourth-order valence-corrected chi connectivity index (χ4v) is 2.92. The van der Waals surface area contributed by atoms with Crippen molar-refractivity contribution in [2.45, 2.75) is 45.3 Å². The minimum Gasteiger partial charge on any atom is -0.490 e. The van der Waals surface area contributed by atoms with E-state index in [9.17, 15) is 0 Å². The fraction of sp³-hybridized carbons (Fsp3) is 0.571. The van der Waals surface area contributed by atoms with Crippen molar-refractivity contribution in [3.8, 4) is 5.75 Å². The van der Waals surface area contributed by atoms with E-state index in [1.165, 1.54) is 29.5 Å². The van der Waals surface area contributed by atoms with Crippen molar-refractivity contribution in [1.82, 2.24) is 5.32 Å². The Morgan fingerprint density at radius 1 is 1.38 bits per heavy atom. The van der Waals surface area contributed by atoms with Crippen molar-refractivity contribution < 1.29 is 4.74 Å². The molecular weight excluding hydrogens is 198 g/mol. The highest BCUT2D eigenvalue weighted by Crippen LogP contribution is 2.36. The van der Waals surface area contributed by atoms with Gasteiger partial charge < -0.3 is 10.1 Å². The van der Waals surface area contributed by atoms with Gasteiger partial charge in [-0.3, -0.25) is 0 Å². The summed E-state index contributed by atoms with van der Waals surface area (Å²) in [7, 11) is 0. The molecule has 0 amide bonds. The van der Waals surface area contributed by atoms with Crippen LogP contribution in [0.2, 0.25) is 0 Å². The summed E-state index contributed by atoms with van der Waals surface area (Å²) in [6.45, 7) is 5.47. The summed E-state index contributed by atoms with van der Waals surface area (Å²) in [5.74, 6) is 1.13. The average molecular weight is 217 g/mol. The van der Waals surface area contributed by atoms with Crippen LogP contribution in [0.4, 0.5) is 0 Å². The number of hydrogen-bond acceptors (Lipinski definition) is 2. The number of nitrogens with one attached hydrogen (secondary N) is 1. The van der Waals surface area contributed by atoms with Gasteiger partial charge in [-0.05, 0) is 49.9 Å². The number of fused-ring (bicyclic) bond motifs is 1. The first-order valence-corrected chi connectivity index (χ1v) is 6.27. The van der Waals surface area contributed by atoms with Crippen LogP contribution in [0.5, 0.6) is 5.75 Å². The zero-order chi connectivity index (χ0) is 11.1. The van der Waals surface area contributed by atoms with Gasteiger partial charge in [0.15, 0.2) is 0 Å². The fourth-order valence-electron chi connectivity index (χ4n) is 2.92. The smallest absolute Gasteiger partial charge is 0.125 e. The van der Waals surface area contributed by atoms with Crippen molar-refractivity contribution in [2.24, 2.45) is 0 Å². The van der Waals surface area contributed by atoms with Crippen molar-refractivity contribution in [3.05, 3.63) is 28.8 Å². The van der Waals surface area contributed by atoms with Crippen LogP contribution in [-0.2, 0) is 6.42 Å². The summed E-state index contributed by atoms with van der Waals surface area (Å²) in [6, 6.07) is 5.20. The second kappa shape index (κ2) is 3.77. The van der Waals surface area contributed by atoms with E-state index in [1.807, 2.05) is 0 Å². The maximum Gasteiger partial charge on any atom is 0.125 e. The number of hydrogen-bond donors (Lipinski definition) is 1. The Hall–Kier alpha value is -1.02. The molecule has 0 bridgehead atoms. The third-order valence-electron chi connectivity index (χ3n) is 3.66. The van der Waals surface area contributed by atoms with E-state index in [-0.39, 0.29) is 0 Å². The summed E-state index contributed by atoms with van der Waals surface area (Å²) in [5, 5.41) is 3.56.